The van der Waals surface area contributed by atoms with E-state index in [0.717, 1.165) is 51.4 Å². The van der Waals surface area contributed by atoms with E-state index in [4.69, 9.17) is 5.73 Å². The highest BCUT2D eigenvalue weighted by molar-refractivity contribution is 5.80. The van der Waals surface area contributed by atoms with Crippen LogP contribution in [0, 0.1) is 5.92 Å². The Bertz CT molecular complexity index is 270. The molecule has 98 valence electrons. The summed E-state index contributed by atoms with van der Waals surface area (Å²) >= 11 is 0. The lowest BCUT2D eigenvalue weighted by Gasteiger charge is -2.24. The van der Waals surface area contributed by atoms with Gasteiger partial charge in [0, 0.05) is 6.04 Å². The standard InChI is InChI=1S/C13H24N2O2/c14-10-6-4-5-9(10)13(17)15-11-7-2-1-3-8-12(11)16/h9-12,16H,1-8,14H2,(H,15,17). The average Bonchev–Trinajstić information content (AvgIpc) is 2.63. The number of hydrogen-bond acceptors (Lipinski definition) is 3. The Hall–Kier alpha value is -0.610. The van der Waals surface area contributed by atoms with Crippen molar-refractivity contribution in [2.24, 2.45) is 11.7 Å². The molecule has 0 aromatic carbocycles. The van der Waals surface area contributed by atoms with Gasteiger partial charge in [0.2, 0.25) is 5.91 Å². The van der Waals surface area contributed by atoms with Gasteiger partial charge in [-0.15, -0.1) is 0 Å². The van der Waals surface area contributed by atoms with Crippen molar-refractivity contribution in [3.8, 4) is 0 Å². The van der Waals surface area contributed by atoms with Crippen LogP contribution in [0.3, 0.4) is 0 Å². The lowest BCUT2D eigenvalue weighted by Crippen LogP contribution is -2.47. The average molecular weight is 240 g/mol. The first kappa shape index (κ1) is 12.8. The van der Waals surface area contributed by atoms with E-state index in [9.17, 15) is 9.90 Å². The Morgan fingerprint density at radius 3 is 2.53 bits per heavy atom. The van der Waals surface area contributed by atoms with Crippen LogP contribution in [0.4, 0.5) is 0 Å². The summed E-state index contributed by atoms with van der Waals surface area (Å²) in [6.45, 7) is 0. The quantitative estimate of drug-likeness (QED) is 0.628. The molecule has 0 radical (unpaired) electrons. The molecule has 2 rings (SSSR count). The molecule has 0 aromatic rings. The fraction of sp³-hybridized carbons (Fsp3) is 0.923. The highest BCUT2D eigenvalue weighted by Gasteiger charge is 2.32. The Kier molecular flexibility index (Phi) is 4.40. The highest BCUT2D eigenvalue weighted by atomic mass is 16.3. The van der Waals surface area contributed by atoms with Crippen LogP contribution in [0.25, 0.3) is 0 Å². The minimum atomic E-state index is -0.376. The van der Waals surface area contributed by atoms with Gasteiger partial charge < -0.3 is 16.2 Å². The van der Waals surface area contributed by atoms with Crippen molar-refractivity contribution in [1.82, 2.24) is 5.32 Å². The third-order valence-corrected chi connectivity index (χ3v) is 4.21. The lowest BCUT2D eigenvalue weighted by atomic mass is 10.0. The van der Waals surface area contributed by atoms with Crippen LogP contribution in [0.1, 0.15) is 51.4 Å². The molecule has 0 spiro atoms. The Morgan fingerprint density at radius 1 is 1.06 bits per heavy atom. The fourth-order valence-corrected chi connectivity index (χ4v) is 3.06. The summed E-state index contributed by atoms with van der Waals surface area (Å²) in [5.41, 5.74) is 5.93. The van der Waals surface area contributed by atoms with Crippen molar-refractivity contribution in [2.45, 2.75) is 69.6 Å². The number of carbonyl (C=O) groups is 1. The van der Waals surface area contributed by atoms with Crippen LogP contribution in [-0.4, -0.2) is 29.2 Å². The van der Waals surface area contributed by atoms with Gasteiger partial charge in [-0.3, -0.25) is 4.79 Å². The molecule has 17 heavy (non-hydrogen) atoms. The minimum Gasteiger partial charge on any atom is -0.391 e. The molecule has 4 nitrogen and oxygen atoms in total. The number of hydrogen-bond donors (Lipinski definition) is 3. The molecule has 0 heterocycles. The number of nitrogens with two attached hydrogens (primary N) is 1. The van der Waals surface area contributed by atoms with E-state index >= 15 is 0 Å². The molecular formula is C13H24N2O2. The van der Waals surface area contributed by atoms with Gasteiger partial charge in [0.05, 0.1) is 18.1 Å². The van der Waals surface area contributed by atoms with Crippen molar-refractivity contribution < 1.29 is 9.90 Å². The lowest BCUT2D eigenvalue weighted by molar-refractivity contribution is -0.126. The van der Waals surface area contributed by atoms with Gasteiger partial charge >= 0.3 is 0 Å². The van der Waals surface area contributed by atoms with E-state index in [0.29, 0.717) is 0 Å². The number of rotatable bonds is 2. The molecule has 0 aliphatic heterocycles. The maximum absolute atomic E-state index is 12.1. The molecule has 4 unspecified atom stereocenters. The van der Waals surface area contributed by atoms with Crippen LogP contribution in [0.5, 0.6) is 0 Å². The second kappa shape index (κ2) is 5.83. The summed E-state index contributed by atoms with van der Waals surface area (Å²) in [6, 6.07) is -0.0456. The van der Waals surface area contributed by atoms with E-state index in [1.807, 2.05) is 0 Å². The summed E-state index contributed by atoms with van der Waals surface area (Å²) in [7, 11) is 0. The van der Waals surface area contributed by atoms with Crippen LogP contribution in [0.2, 0.25) is 0 Å². The molecule has 0 bridgehead atoms. The molecule has 2 aliphatic carbocycles. The molecule has 4 atom stereocenters. The Balaban J connectivity index is 1.88. The monoisotopic (exact) mass is 240 g/mol. The van der Waals surface area contributed by atoms with Crippen molar-refractivity contribution in [3.05, 3.63) is 0 Å². The van der Waals surface area contributed by atoms with E-state index in [1.54, 1.807) is 0 Å². The maximum Gasteiger partial charge on any atom is 0.224 e. The van der Waals surface area contributed by atoms with Crippen LogP contribution >= 0.6 is 0 Å². The predicted molar refractivity (Wildman–Crippen MR) is 66.3 cm³/mol. The number of amides is 1. The second-order valence-electron chi connectivity index (χ2n) is 5.52. The normalized spacial score (nSPS) is 38.7. The zero-order valence-electron chi connectivity index (χ0n) is 10.4. The molecule has 0 saturated heterocycles. The van der Waals surface area contributed by atoms with Gasteiger partial charge in [-0.25, -0.2) is 0 Å². The zero-order chi connectivity index (χ0) is 12.3. The van der Waals surface area contributed by atoms with Crippen LogP contribution < -0.4 is 11.1 Å². The smallest absolute Gasteiger partial charge is 0.224 e. The van der Waals surface area contributed by atoms with Crippen molar-refractivity contribution in [1.29, 1.82) is 0 Å². The summed E-state index contributed by atoms with van der Waals surface area (Å²) in [5, 5.41) is 13.0. The molecule has 2 saturated carbocycles. The first-order valence-electron chi connectivity index (χ1n) is 6.92. The van der Waals surface area contributed by atoms with Crippen LogP contribution in [-0.2, 0) is 4.79 Å². The topological polar surface area (TPSA) is 75.4 Å². The summed E-state index contributed by atoms with van der Waals surface area (Å²) < 4.78 is 0. The molecule has 2 fully saturated rings. The maximum atomic E-state index is 12.1. The number of aliphatic hydroxyl groups excluding tert-OH is 1. The molecule has 4 N–H and O–H groups in total. The largest absolute Gasteiger partial charge is 0.391 e. The van der Waals surface area contributed by atoms with E-state index in [-0.39, 0.29) is 30.0 Å². The van der Waals surface area contributed by atoms with E-state index < -0.39 is 0 Å². The fourth-order valence-electron chi connectivity index (χ4n) is 3.06. The summed E-state index contributed by atoms with van der Waals surface area (Å²) in [6.07, 6.45) is 7.55. The molecule has 2 aliphatic rings. The number of carbonyl (C=O) groups excluding carboxylic acids is 1. The molecule has 1 amide bonds. The number of nitrogens with one attached hydrogen (secondary N) is 1. The van der Waals surface area contributed by atoms with Crippen LogP contribution in [0.15, 0.2) is 0 Å². The van der Waals surface area contributed by atoms with Gasteiger partial charge in [-0.1, -0.05) is 25.7 Å². The van der Waals surface area contributed by atoms with Crippen molar-refractivity contribution in [3.63, 3.8) is 0 Å². The highest BCUT2D eigenvalue weighted by Crippen LogP contribution is 2.25. The summed E-state index contributed by atoms with van der Waals surface area (Å²) in [5.74, 6) is 0.0198. The Labute approximate surface area is 103 Å². The van der Waals surface area contributed by atoms with Gasteiger partial charge in [-0.05, 0) is 25.7 Å². The van der Waals surface area contributed by atoms with Gasteiger partial charge in [0.1, 0.15) is 0 Å². The van der Waals surface area contributed by atoms with E-state index in [1.165, 1.54) is 0 Å². The molecular weight excluding hydrogens is 216 g/mol. The van der Waals surface area contributed by atoms with Gasteiger partial charge in [-0.2, -0.15) is 0 Å². The van der Waals surface area contributed by atoms with Crippen molar-refractivity contribution >= 4 is 5.91 Å². The minimum absolute atomic E-state index is 0.0120. The third kappa shape index (κ3) is 3.19. The predicted octanol–water partition coefficient (Wildman–Crippen LogP) is 0.924. The Morgan fingerprint density at radius 2 is 1.82 bits per heavy atom. The number of aliphatic hydroxyl groups is 1. The van der Waals surface area contributed by atoms with Gasteiger partial charge in [0.15, 0.2) is 0 Å². The molecule has 4 heteroatoms. The first-order valence-corrected chi connectivity index (χ1v) is 6.92. The van der Waals surface area contributed by atoms with Crippen molar-refractivity contribution in [2.75, 3.05) is 0 Å². The SMILES string of the molecule is NC1CCCC1C(=O)NC1CCCCCC1O. The molecule has 0 aromatic heterocycles. The van der Waals surface area contributed by atoms with E-state index in [2.05, 4.69) is 5.32 Å². The zero-order valence-corrected chi connectivity index (χ0v) is 10.4. The first-order chi connectivity index (χ1) is 8.18. The second-order valence-corrected chi connectivity index (χ2v) is 5.52. The third-order valence-electron chi connectivity index (χ3n) is 4.21. The van der Waals surface area contributed by atoms with Gasteiger partial charge in [0.25, 0.3) is 0 Å². The summed E-state index contributed by atoms with van der Waals surface area (Å²) in [4.78, 5) is 12.1.